The number of ether oxygens (including phenoxy) is 1. The Labute approximate surface area is 136 Å². The maximum Gasteiger partial charge on any atom is 0.225 e. The molecule has 3 atom stereocenters. The average Bonchev–Trinajstić information content (AvgIpc) is 3.23. The molecule has 0 unspecified atom stereocenters. The molecule has 2 fully saturated rings. The number of hydrogen-bond donors (Lipinski definition) is 0. The molecule has 6 heteroatoms. The monoisotopic (exact) mass is 314 g/mol. The molecular weight excluding hydrogens is 292 g/mol. The molecule has 122 valence electrons. The van der Waals surface area contributed by atoms with Crippen LogP contribution in [0.4, 0.5) is 5.95 Å². The Kier molecular flexibility index (Phi) is 4.01. The van der Waals surface area contributed by atoms with Crippen LogP contribution in [-0.4, -0.2) is 53.3 Å². The van der Waals surface area contributed by atoms with Gasteiger partial charge >= 0.3 is 0 Å². The van der Waals surface area contributed by atoms with Crippen LogP contribution in [0.2, 0.25) is 0 Å². The van der Waals surface area contributed by atoms with Crippen LogP contribution >= 0.6 is 0 Å². The van der Waals surface area contributed by atoms with Gasteiger partial charge in [0.05, 0.1) is 31.0 Å². The average molecular weight is 314 g/mol. The number of aromatic nitrogens is 2. The van der Waals surface area contributed by atoms with Crippen LogP contribution in [-0.2, 0) is 11.3 Å². The molecule has 4 heterocycles. The predicted octanol–water partition coefficient (Wildman–Crippen LogP) is 1.94. The summed E-state index contributed by atoms with van der Waals surface area (Å²) in [7, 11) is 2.14. The lowest BCUT2D eigenvalue weighted by atomic mass is 10.0. The van der Waals surface area contributed by atoms with Crippen molar-refractivity contribution in [1.29, 1.82) is 0 Å². The maximum absolute atomic E-state index is 6.14. The quantitative estimate of drug-likeness (QED) is 0.859. The summed E-state index contributed by atoms with van der Waals surface area (Å²) in [5.41, 5.74) is 0. The number of hydrogen-bond acceptors (Lipinski definition) is 6. The Bertz CT molecular complexity index is 619. The largest absolute Gasteiger partial charge is 0.468 e. The molecule has 2 aliphatic heterocycles. The fourth-order valence-corrected chi connectivity index (χ4v) is 3.75. The van der Waals surface area contributed by atoms with Crippen LogP contribution in [0.1, 0.15) is 18.6 Å². The minimum Gasteiger partial charge on any atom is -0.468 e. The molecule has 2 saturated heterocycles. The Hall–Kier alpha value is -1.92. The van der Waals surface area contributed by atoms with E-state index in [1.165, 1.54) is 0 Å². The van der Waals surface area contributed by atoms with Crippen molar-refractivity contribution in [2.45, 2.75) is 37.6 Å². The third-order valence-corrected chi connectivity index (χ3v) is 4.86. The first kappa shape index (κ1) is 14.7. The first-order valence-corrected chi connectivity index (χ1v) is 8.21. The molecule has 2 aliphatic rings. The number of nitrogens with zero attached hydrogens (tertiary/aromatic N) is 4. The highest BCUT2D eigenvalue weighted by atomic mass is 16.5. The summed E-state index contributed by atoms with van der Waals surface area (Å²) >= 11 is 0. The molecular formula is C17H22N4O2. The molecule has 2 aromatic heterocycles. The Balaban J connectivity index is 1.55. The molecule has 0 bridgehead atoms. The van der Waals surface area contributed by atoms with Gasteiger partial charge in [-0.1, -0.05) is 0 Å². The van der Waals surface area contributed by atoms with Crippen molar-refractivity contribution in [3.8, 4) is 0 Å². The first-order valence-electron chi connectivity index (χ1n) is 8.21. The SMILES string of the molecule is CN(Cc1ccco1)[C@@H]1CN(c2ncccn2)[C@@H]2CCCO[C@H]12. The highest BCUT2D eigenvalue weighted by Gasteiger charge is 2.46. The van der Waals surface area contributed by atoms with E-state index in [-0.39, 0.29) is 6.10 Å². The van der Waals surface area contributed by atoms with Crippen LogP contribution < -0.4 is 4.90 Å². The minimum atomic E-state index is 0.201. The van der Waals surface area contributed by atoms with Gasteiger partial charge in [0.1, 0.15) is 5.76 Å². The van der Waals surface area contributed by atoms with E-state index in [9.17, 15) is 0 Å². The van der Waals surface area contributed by atoms with Crippen molar-refractivity contribution in [3.05, 3.63) is 42.6 Å². The van der Waals surface area contributed by atoms with E-state index < -0.39 is 0 Å². The highest BCUT2D eigenvalue weighted by Crippen LogP contribution is 2.33. The molecule has 0 spiro atoms. The van der Waals surface area contributed by atoms with Crippen LogP contribution in [0.5, 0.6) is 0 Å². The number of anilines is 1. The summed E-state index contributed by atoms with van der Waals surface area (Å²) in [5.74, 6) is 1.79. The van der Waals surface area contributed by atoms with E-state index in [0.717, 1.165) is 44.2 Å². The van der Waals surface area contributed by atoms with Gasteiger partial charge in [-0.2, -0.15) is 0 Å². The molecule has 0 aromatic carbocycles. The maximum atomic E-state index is 6.14. The van der Waals surface area contributed by atoms with Gasteiger partial charge in [-0.3, -0.25) is 4.90 Å². The van der Waals surface area contributed by atoms with Crippen LogP contribution in [0.3, 0.4) is 0 Å². The molecule has 23 heavy (non-hydrogen) atoms. The van der Waals surface area contributed by atoms with Crippen LogP contribution in [0.15, 0.2) is 41.3 Å². The molecule has 6 nitrogen and oxygen atoms in total. The number of likely N-dealkylation sites (N-methyl/N-ethyl adjacent to an activating group) is 1. The van der Waals surface area contributed by atoms with E-state index in [2.05, 4.69) is 26.8 Å². The third kappa shape index (κ3) is 2.84. The van der Waals surface area contributed by atoms with Gasteiger partial charge in [-0.15, -0.1) is 0 Å². The van der Waals surface area contributed by atoms with Gasteiger partial charge < -0.3 is 14.1 Å². The molecule has 0 amide bonds. The first-order chi connectivity index (χ1) is 11.3. The standard InChI is InChI=1S/C17H22N4O2/c1-20(11-13-5-2-9-22-13)15-12-21(17-18-7-4-8-19-17)14-6-3-10-23-16(14)15/h2,4-5,7-9,14-16H,3,6,10-12H2,1H3/t14-,15-,16+/m1/s1. The second kappa shape index (κ2) is 6.29. The molecule has 0 N–H and O–H groups in total. The topological polar surface area (TPSA) is 54.6 Å². The third-order valence-electron chi connectivity index (χ3n) is 4.86. The van der Waals surface area contributed by atoms with Gasteiger partial charge in [0.25, 0.3) is 0 Å². The van der Waals surface area contributed by atoms with Crippen LogP contribution in [0, 0.1) is 0 Å². The second-order valence-electron chi connectivity index (χ2n) is 6.31. The number of furan rings is 1. The Morgan fingerprint density at radius 1 is 1.30 bits per heavy atom. The summed E-state index contributed by atoms with van der Waals surface area (Å²) in [6.45, 7) is 2.51. The zero-order valence-electron chi connectivity index (χ0n) is 13.3. The van der Waals surface area contributed by atoms with Gasteiger partial charge in [-0.05, 0) is 38.1 Å². The zero-order valence-corrected chi connectivity index (χ0v) is 13.3. The minimum absolute atomic E-state index is 0.201. The molecule has 0 aliphatic carbocycles. The number of fused-ring (bicyclic) bond motifs is 1. The summed E-state index contributed by atoms with van der Waals surface area (Å²) in [4.78, 5) is 13.5. The fraction of sp³-hybridized carbons (Fsp3) is 0.529. The van der Waals surface area contributed by atoms with E-state index in [1.807, 2.05) is 18.2 Å². The predicted molar refractivity (Wildman–Crippen MR) is 86.1 cm³/mol. The van der Waals surface area contributed by atoms with Crippen LogP contribution in [0.25, 0.3) is 0 Å². The Morgan fingerprint density at radius 3 is 2.96 bits per heavy atom. The summed E-state index contributed by atoms with van der Waals surface area (Å²) in [6.07, 6.45) is 7.77. The van der Waals surface area contributed by atoms with E-state index in [1.54, 1.807) is 18.7 Å². The molecule has 2 aromatic rings. The van der Waals surface area contributed by atoms with Gasteiger partial charge in [0.2, 0.25) is 5.95 Å². The highest BCUT2D eigenvalue weighted by molar-refractivity contribution is 5.36. The van der Waals surface area contributed by atoms with Crippen molar-refractivity contribution >= 4 is 5.95 Å². The van der Waals surface area contributed by atoms with Crippen molar-refractivity contribution in [3.63, 3.8) is 0 Å². The van der Waals surface area contributed by atoms with E-state index >= 15 is 0 Å². The zero-order chi connectivity index (χ0) is 15.6. The van der Waals surface area contributed by atoms with Crippen molar-refractivity contribution < 1.29 is 9.15 Å². The molecule has 4 rings (SSSR count). The van der Waals surface area contributed by atoms with Crippen molar-refractivity contribution in [2.24, 2.45) is 0 Å². The summed E-state index contributed by atoms with van der Waals surface area (Å²) in [6, 6.07) is 6.48. The summed E-state index contributed by atoms with van der Waals surface area (Å²) < 4.78 is 11.6. The van der Waals surface area contributed by atoms with Gasteiger partial charge in [0, 0.05) is 25.5 Å². The van der Waals surface area contributed by atoms with E-state index in [0.29, 0.717) is 12.1 Å². The lowest BCUT2D eigenvalue weighted by Crippen LogP contribution is -2.46. The van der Waals surface area contributed by atoms with Crippen molar-refractivity contribution in [2.75, 3.05) is 25.1 Å². The smallest absolute Gasteiger partial charge is 0.225 e. The fourth-order valence-electron chi connectivity index (χ4n) is 3.75. The normalized spacial score (nSPS) is 27.4. The lowest BCUT2D eigenvalue weighted by molar-refractivity contribution is -0.0256. The van der Waals surface area contributed by atoms with Crippen molar-refractivity contribution in [1.82, 2.24) is 14.9 Å². The van der Waals surface area contributed by atoms with Gasteiger partial charge in [0.15, 0.2) is 0 Å². The lowest BCUT2D eigenvalue weighted by Gasteiger charge is -2.34. The molecule has 0 radical (unpaired) electrons. The van der Waals surface area contributed by atoms with Gasteiger partial charge in [-0.25, -0.2) is 9.97 Å². The molecule has 0 saturated carbocycles. The second-order valence-corrected chi connectivity index (χ2v) is 6.31. The number of rotatable bonds is 4. The summed E-state index contributed by atoms with van der Waals surface area (Å²) in [5, 5.41) is 0. The van der Waals surface area contributed by atoms with E-state index in [4.69, 9.17) is 9.15 Å². The Morgan fingerprint density at radius 2 is 2.17 bits per heavy atom.